The minimum Gasteiger partial charge on any atom is -0.469 e. The van der Waals surface area contributed by atoms with Gasteiger partial charge in [0.05, 0.1) is 7.11 Å². The number of fused-ring (bicyclic) bond motifs is 1. The maximum absolute atomic E-state index is 11.8. The van der Waals surface area contributed by atoms with Crippen molar-refractivity contribution in [2.75, 3.05) is 19.1 Å². The van der Waals surface area contributed by atoms with Gasteiger partial charge in [0, 0.05) is 18.8 Å². The lowest BCUT2D eigenvalue weighted by molar-refractivity contribution is -0.143. The Morgan fingerprint density at radius 3 is 2.94 bits per heavy atom. The van der Waals surface area contributed by atoms with Crippen molar-refractivity contribution in [1.29, 1.82) is 0 Å². The first-order chi connectivity index (χ1) is 8.61. The molecule has 1 heterocycles. The van der Waals surface area contributed by atoms with Gasteiger partial charge < -0.3 is 14.1 Å². The van der Waals surface area contributed by atoms with Crippen LogP contribution >= 0.6 is 0 Å². The summed E-state index contributed by atoms with van der Waals surface area (Å²) in [6.07, 6.45) is 1.05. The fraction of sp³-hybridized carbons (Fsp3) is 0.250. The number of hydrogen-bond donors (Lipinski definition) is 0. The second kappa shape index (κ2) is 4.87. The van der Waals surface area contributed by atoms with Gasteiger partial charge in [-0.2, -0.15) is 0 Å². The molecule has 0 aliphatic heterocycles. The molecule has 0 atom stereocenters. The molecule has 2 rings (SSSR count). The van der Waals surface area contributed by atoms with E-state index in [1.54, 1.807) is 25.2 Å². The molecule has 0 aliphatic carbocycles. The highest BCUT2D eigenvalue weighted by molar-refractivity contribution is 6.03. The number of ether oxygens (including phenoxy) is 1. The number of aromatic nitrogens is 1. The van der Waals surface area contributed by atoms with Crippen molar-refractivity contribution in [2.45, 2.75) is 6.42 Å². The fourth-order valence-corrected chi connectivity index (χ4v) is 1.51. The van der Waals surface area contributed by atoms with Gasteiger partial charge in [-0.15, -0.1) is 0 Å². The third kappa shape index (κ3) is 2.32. The molecular formula is C12H12N2O4. The predicted octanol–water partition coefficient (Wildman–Crippen LogP) is 1.35. The molecule has 0 saturated carbocycles. The van der Waals surface area contributed by atoms with E-state index < -0.39 is 5.97 Å². The van der Waals surface area contributed by atoms with Crippen molar-refractivity contribution in [2.24, 2.45) is 0 Å². The number of anilines is 1. The fourth-order valence-electron chi connectivity index (χ4n) is 1.51. The van der Waals surface area contributed by atoms with Crippen molar-refractivity contribution in [3.05, 3.63) is 24.6 Å². The monoisotopic (exact) mass is 248 g/mol. The molecule has 6 nitrogen and oxygen atoms in total. The second-order valence-corrected chi connectivity index (χ2v) is 3.71. The number of carbonyl (C=O) groups excluding carboxylic acids is 2. The Labute approximate surface area is 103 Å². The Morgan fingerprint density at radius 2 is 2.22 bits per heavy atom. The van der Waals surface area contributed by atoms with E-state index in [9.17, 15) is 9.59 Å². The van der Waals surface area contributed by atoms with Gasteiger partial charge in [0.1, 0.15) is 11.9 Å². The van der Waals surface area contributed by atoms with Gasteiger partial charge in [0.25, 0.3) is 0 Å². The van der Waals surface area contributed by atoms with Crippen LogP contribution in [0.2, 0.25) is 0 Å². The largest absolute Gasteiger partial charge is 0.469 e. The molecule has 6 heteroatoms. The van der Waals surface area contributed by atoms with E-state index in [4.69, 9.17) is 4.42 Å². The minimum atomic E-state index is -0.562. The summed E-state index contributed by atoms with van der Waals surface area (Å²) in [6.45, 7) is 0. The highest BCUT2D eigenvalue weighted by Crippen LogP contribution is 2.20. The number of amides is 1. The molecule has 1 amide bonds. The predicted molar refractivity (Wildman–Crippen MR) is 64.1 cm³/mol. The molecule has 0 bridgehead atoms. The molecule has 0 saturated heterocycles. The summed E-state index contributed by atoms with van der Waals surface area (Å²) < 4.78 is 9.60. The van der Waals surface area contributed by atoms with Crippen LogP contribution in [0.5, 0.6) is 0 Å². The maximum Gasteiger partial charge on any atom is 0.315 e. The Hall–Kier alpha value is -2.37. The van der Waals surface area contributed by atoms with Crippen molar-refractivity contribution in [1.82, 2.24) is 4.98 Å². The number of methoxy groups -OCH3 is 1. The number of esters is 1. The summed E-state index contributed by atoms with van der Waals surface area (Å²) in [6, 6.07) is 5.17. The summed E-state index contributed by atoms with van der Waals surface area (Å²) in [5.74, 6) is -0.909. The smallest absolute Gasteiger partial charge is 0.315 e. The first kappa shape index (κ1) is 12.1. The molecule has 94 valence electrons. The minimum absolute atomic E-state index is 0.290. The summed E-state index contributed by atoms with van der Waals surface area (Å²) in [4.78, 5) is 28.2. The topological polar surface area (TPSA) is 72.6 Å². The Bertz CT molecular complexity index is 591. The van der Waals surface area contributed by atoms with E-state index in [1.807, 2.05) is 0 Å². The lowest BCUT2D eigenvalue weighted by Gasteiger charge is -2.16. The van der Waals surface area contributed by atoms with E-state index in [-0.39, 0.29) is 12.3 Å². The van der Waals surface area contributed by atoms with Gasteiger partial charge in [-0.05, 0) is 12.1 Å². The SMILES string of the molecule is COC(=O)CC(=O)N(C)c1ccc2ncoc2c1. The summed E-state index contributed by atoms with van der Waals surface area (Å²) in [5, 5.41) is 0. The third-order valence-electron chi connectivity index (χ3n) is 2.60. The van der Waals surface area contributed by atoms with E-state index in [2.05, 4.69) is 9.72 Å². The number of rotatable bonds is 3. The Balaban J connectivity index is 2.19. The highest BCUT2D eigenvalue weighted by atomic mass is 16.5. The van der Waals surface area contributed by atoms with Crippen LogP contribution in [0.4, 0.5) is 5.69 Å². The van der Waals surface area contributed by atoms with Crippen LogP contribution in [0.3, 0.4) is 0 Å². The summed E-state index contributed by atoms with van der Waals surface area (Å²) >= 11 is 0. The lowest BCUT2D eigenvalue weighted by atomic mass is 10.2. The number of hydrogen-bond acceptors (Lipinski definition) is 5. The first-order valence-electron chi connectivity index (χ1n) is 5.28. The average Bonchev–Trinajstić information content (AvgIpc) is 2.84. The number of benzene rings is 1. The van der Waals surface area contributed by atoms with Gasteiger partial charge in [0.2, 0.25) is 5.91 Å². The quantitative estimate of drug-likeness (QED) is 0.605. The zero-order valence-electron chi connectivity index (χ0n) is 10.0. The Kier molecular flexibility index (Phi) is 3.27. The number of nitrogens with zero attached hydrogens (tertiary/aromatic N) is 2. The van der Waals surface area contributed by atoms with Crippen LogP contribution in [0.25, 0.3) is 11.1 Å². The molecular weight excluding hydrogens is 236 g/mol. The van der Waals surface area contributed by atoms with Crippen LogP contribution in [0.1, 0.15) is 6.42 Å². The van der Waals surface area contributed by atoms with Crippen LogP contribution in [0.15, 0.2) is 29.0 Å². The standard InChI is InChI=1S/C12H12N2O4/c1-14(11(15)6-12(16)17-2)8-3-4-9-10(5-8)18-7-13-9/h3-5,7H,6H2,1-2H3. The van der Waals surface area contributed by atoms with Gasteiger partial charge in [-0.1, -0.05) is 0 Å². The van der Waals surface area contributed by atoms with Gasteiger partial charge in [-0.3, -0.25) is 9.59 Å². The molecule has 0 radical (unpaired) electrons. The number of carbonyl (C=O) groups is 2. The molecule has 0 unspecified atom stereocenters. The summed E-state index contributed by atoms with van der Waals surface area (Å²) in [7, 11) is 2.83. The molecule has 1 aromatic carbocycles. The zero-order valence-corrected chi connectivity index (χ0v) is 10.0. The Morgan fingerprint density at radius 1 is 1.44 bits per heavy atom. The van der Waals surface area contributed by atoms with Crippen LogP contribution in [0, 0.1) is 0 Å². The van der Waals surface area contributed by atoms with Crippen LogP contribution < -0.4 is 4.90 Å². The molecule has 0 N–H and O–H groups in total. The molecule has 2 aromatic rings. The van der Waals surface area contributed by atoms with Crippen molar-refractivity contribution < 1.29 is 18.7 Å². The molecule has 18 heavy (non-hydrogen) atoms. The summed E-state index contributed by atoms with van der Waals surface area (Å²) in [5.41, 5.74) is 1.94. The molecule has 1 aromatic heterocycles. The normalized spacial score (nSPS) is 10.3. The van der Waals surface area contributed by atoms with E-state index in [0.29, 0.717) is 16.8 Å². The average molecular weight is 248 g/mol. The van der Waals surface area contributed by atoms with Gasteiger partial charge >= 0.3 is 5.97 Å². The van der Waals surface area contributed by atoms with Gasteiger partial charge in [-0.25, -0.2) is 4.98 Å². The third-order valence-corrected chi connectivity index (χ3v) is 2.60. The van der Waals surface area contributed by atoms with Crippen LogP contribution in [-0.4, -0.2) is 31.0 Å². The van der Waals surface area contributed by atoms with Crippen LogP contribution in [-0.2, 0) is 14.3 Å². The van der Waals surface area contributed by atoms with E-state index >= 15 is 0 Å². The molecule has 0 spiro atoms. The molecule has 0 aliphatic rings. The van der Waals surface area contributed by atoms with Gasteiger partial charge in [0.15, 0.2) is 12.0 Å². The highest BCUT2D eigenvalue weighted by Gasteiger charge is 2.16. The zero-order chi connectivity index (χ0) is 13.1. The van der Waals surface area contributed by atoms with Crippen molar-refractivity contribution >= 4 is 28.7 Å². The molecule has 0 fully saturated rings. The van der Waals surface area contributed by atoms with E-state index in [1.165, 1.54) is 18.4 Å². The first-order valence-corrected chi connectivity index (χ1v) is 5.28. The lowest BCUT2D eigenvalue weighted by Crippen LogP contribution is -2.28. The second-order valence-electron chi connectivity index (χ2n) is 3.71. The van der Waals surface area contributed by atoms with Crippen molar-refractivity contribution in [3.63, 3.8) is 0 Å². The maximum atomic E-state index is 11.8. The van der Waals surface area contributed by atoms with Crippen molar-refractivity contribution in [3.8, 4) is 0 Å². The number of oxazole rings is 1. The van der Waals surface area contributed by atoms with E-state index in [0.717, 1.165) is 0 Å².